The second-order valence-corrected chi connectivity index (χ2v) is 6.64. The number of fused-ring (bicyclic) bond motifs is 1. The van der Waals surface area contributed by atoms with Crippen molar-refractivity contribution in [1.82, 2.24) is 20.1 Å². The van der Waals surface area contributed by atoms with Gasteiger partial charge in [0.1, 0.15) is 5.69 Å². The number of rotatable bonds is 2. The lowest BCUT2D eigenvalue weighted by molar-refractivity contribution is 0.0924. The fraction of sp³-hybridized carbons (Fsp3) is 0.133. The van der Waals surface area contributed by atoms with Crippen LogP contribution in [0.2, 0.25) is 4.34 Å². The molecule has 1 N–H and O–H groups in total. The van der Waals surface area contributed by atoms with E-state index >= 15 is 0 Å². The fourth-order valence-corrected chi connectivity index (χ4v) is 3.46. The van der Waals surface area contributed by atoms with Crippen LogP contribution in [0.5, 0.6) is 0 Å². The van der Waals surface area contributed by atoms with Gasteiger partial charge in [0.25, 0.3) is 5.91 Å². The summed E-state index contributed by atoms with van der Waals surface area (Å²) in [5.74, 6) is -0.0793. The number of thiophene rings is 1. The normalized spacial score (nSPS) is 13.8. The predicted molar refractivity (Wildman–Crippen MR) is 86.1 cm³/mol. The van der Waals surface area contributed by atoms with Crippen LogP contribution < -0.4 is 5.32 Å². The molecule has 0 aromatic carbocycles. The first-order valence-corrected chi connectivity index (χ1v) is 7.98. The fourth-order valence-electron chi connectivity index (χ4n) is 2.45. The van der Waals surface area contributed by atoms with Crippen molar-refractivity contribution >= 4 is 28.8 Å². The largest absolute Gasteiger partial charge is 0.349 e. The standard InChI is InChI=1S/C15H11ClN4OS/c16-14-2-1-13(22-14)11-7-9(3-4-17-11)10-8-12-15(21)18-5-6-20(12)19-10/h1-4,7-8H,5-6H2,(H,18,21). The maximum atomic E-state index is 11.8. The van der Waals surface area contributed by atoms with Crippen LogP contribution in [0, 0.1) is 0 Å². The molecule has 5 nitrogen and oxygen atoms in total. The van der Waals surface area contributed by atoms with Gasteiger partial charge in [0, 0.05) is 18.3 Å². The summed E-state index contributed by atoms with van der Waals surface area (Å²) < 4.78 is 2.48. The molecule has 1 amide bonds. The number of hydrogen-bond acceptors (Lipinski definition) is 4. The topological polar surface area (TPSA) is 59.8 Å². The highest BCUT2D eigenvalue weighted by Crippen LogP contribution is 2.31. The van der Waals surface area contributed by atoms with Crippen LogP contribution in [0.15, 0.2) is 36.5 Å². The molecular formula is C15H11ClN4OS. The summed E-state index contributed by atoms with van der Waals surface area (Å²) in [5, 5.41) is 7.33. The number of carbonyl (C=O) groups excluding carboxylic acids is 1. The first kappa shape index (κ1) is 13.5. The molecule has 1 aliphatic heterocycles. The minimum Gasteiger partial charge on any atom is -0.349 e. The summed E-state index contributed by atoms with van der Waals surface area (Å²) in [6.45, 7) is 1.31. The number of hydrogen-bond donors (Lipinski definition) is 1. The zero-order chi connectivity index (χ0) is 15.1. The van der Waals surface area contributed by atoms with Gasteiger partial charge >= 0.3 is 0 Å². The molecule has 0 saturated carbocycles. The Morgan fingerprint density at radius 2 is 2.14 bits per heavy atom. The SMILES string of the molecule is O=C1NCCn2nc(-c3ccnc(-c4ccc(Cl)s4)c3)cc21. The summed E-state index contributed by atoms with van der Waals surface area (Å²) in [5.41, 5.74) is 3.16. The molecule has 0 fully saturated rings. The Kier molecular flexibility index (Phi) is 3.20. The molecule has 22 heavy (non-hydrogen) atoms. The maximum absolute atomic E-state index is 11.8. The van der Waals surface area contributed by atoms with Crippen molar-refractivity contribution in [2.45, 2.75) is 6.54 Å². The predicted octanol–water partition coefficient (Wildman–Crippen LogP) is 3.07. The van der Waals surface area contributed by atoms with E-state index in [9.17, 15) is 4.79 Å². The quantitative estimate of drug-likeness (QED) is 0.785. The zero-order valence-corrected chi connectivity index (χ0v) is 13.0. The second kappa shape index (κ2) is 5.23. The highest BCUT2D eigenvalue weighted by atomic mass is 35.5. The zero-order valence-electron chi connectivity index (χ0n) is 11.4. The summed E-state index contributed by atoms with van der Waals surface area (Å²) in [4.78, 5) is 17.2. The smallest absolute Gasteiger partial charge is 0.269 e. The highest BCUT2D eigenvalue weighted by Gasteiger charge is 2.20. The second-order valence-electron chi connectivity index (χ2n) is 4.93. The number of amides is 1. The van der Waals surface area contributed by atoms with E-state index in [4.69, 9.17) is 11.6 Å². The highest BCUT2D eigenvalue weighted by molar-refractivity contribution is 7.19. The third-order valence-corrected chi connectivity index (χ3v) is 4.76. The molecular weight excluding hydrogens is 320 g/mol. The van der Waals surface area contributed by atoms with E-state index in [0.29, 0.717) is 18.8 Å². The summed E-state index contributed by atoms with van der Waals surface area (Å²) >= 11 is 7.47. The number of pyridine rings is 1. The molecule has 1 aliphatic rings. The van der Waals surface area contributed by atoms with Gasteiger partial charge in [-0.2, -0.15) is 5.10 Å². The molecule has 110 valence electrons. The van der Waals surface area contributed by atoms with Gasteiger partial charge in [-0.05, 0) is 30.3 Å². The van der Waals surface area contributed by atoms with E-state index in [1.54, 1.807) is 10.9 Å². The average Bonchev–Trinajstić information content (AvgIpc) is 3.14. The third kappa shape index (κ3) is 2.30. The van der Waals surface area contributed by atoms with Crippen molar-refractivity contribution in [2.75, 3.05) is 6.54 Å². The van der Waals surface area contributed by atoms with Crippen LogP contribution in [-0.4, -0.2) is 27.2 Å². The number of nitrogens with zero attached hydrogens (tertiary/aromatic N) is 3. The van der Waals surface area contributed by atoms with Crippen LogP contribution >= 0.6 is 22.9 Å². The Bertz CT molecular complexity index is 870. The van der Waals surface area contributed by atoms with Crippen LogP contribution in [0.25, 0.3) is 21.8 Å². The lowest BCUT2D eigenvalue weighted by Crippen LogP contribution is -2.35. The molecule has 4 rings (SSSR count). The molecule has 0 saturated heterocycles. The van der Waals surface area contributed by atoms with Crippen molar-refractivity contribution in [1.29, 1.82) is 0 Å². The van der Waals surface area contributed by atoms with Crippen molar-refractivity contribution in [3.05, 3.63) is 46.6 Å². The molecule has 0 aliphatic carbocycles. The third-order valence-electron chi connectivity index (χ3n) is 3.50. The van der Waals surface area contributed by atoms with E-state index in [-0.39, 0.29) is 5.91 Å². The number of aromatic nitrogens is 3. The maximum Gasteiger partial charge on any atom is 0.269 e. The minimum atomic E-state index is -0.0793. The Morgan fingerprint density at radius 1 is 1.23 bits per heavy atom. The lowest BCUT2D eigenvalue weighted by atomic mass is 10.1. The average molecular weight is 331 g/mol. The summed E-state index contributed by atoms with van der Waals surface area (Å²) in [6.07, 6.45) is 1.75. The molecule has 0 unspecified atom stereocenters. The van der Waals surface area contributed by atoms with Crippen molar-refractivity contribution in [3.63, 3.8) is 0 Å². The summed E-state index contributed by atoms with van der Waals surface area (Å²) in [6, 6.07) is 9.48. The molecule has 0 bridgehead atoms. The van der Waals surface area contributed by atoms with Gasteiger partial charge in [0.05, 0.1) is 27.1 Å². The van der Waals surface area contributed by atoms with Gasteiger partial charge in [-0.15, -0.1) is 11.3 Å². The van der Waals surface area contributed by atoms with Crippen molar-refractivity contribution < 1.29 is 4.79 Å². The van der Waals surface area contributed by atoms with Crippen LogP contribution in [0.1, 0.15) is 10.5 Å². The van der Waals surface area contributed by atoms with Crippen LogP contribution in [0.3, 0.4) is 0 Å². The number of halogens is 1. The van der Waals surface area contributed by atoms with Crippen LogP contribution in [-0.2, 0) is 6.54 Å². The number of carbonyl (C=O) groups is 1. The van der Waals surface area contributed by atoms with Crippen LogP contribution in [0.4, 0.5) is 0 Å². The van der Waals surface area contributed by atoms with Gasteiger partial charge in [-0.1, -0.05) is 11.6 Å². The molecule has 3 aromatic rings. The molecule has 3 aromatic heterocycles. The van der Waals surface area contributed by atoms with Gasteiger partial charge in [-0.3, -0.25) is 14.5 Å². The van der Waals surface area contributed by atoms with Gasteiger partial charge in [-0.25, -0.2) is 0 Å². The van der Waals surface area contributed by atoms with E-state index < -0.39 is 0 Å². The molecule has 4 heterocycles. The monoisotopic (exact) mass is 330 g/mol. The first-order chi connectivity index (χ1) is 10.7. The Morgan fingerprint density at radius 3 is 2.91 bits per heavy atom. The lowest BCUT2D eigenvalue weighted by Gasteiger charge is -2.13. The van der Waals surface area contributed by atoms with E-state index in [0.717, 1.165) is 26.2 Å². The van der Waals surface area contributed by atoms with Crippen molar-refractivity contribution in [2.24, 2.45) is 0 Å². The van der Waals surface area contributed by atoms with Crippen molar-refractivity contribution in [3.8, 4) is 21.8 Å². The van der Waals surface area contributed by atoms with E-state index in [2.05, 4.69) is 15.4 Å². The first-order valence-electron chi connectivity index (χ1n) is 6.79. The van der Waals surface area contributed by atoms with E-state index in [1.165, 1.54) is 11.3 Å². The summed E-state index contributed by atoms with van der Waals surface area (Å²) in [7, 11) is 0. The van der Waals surface area contributed by atoms with Gasteiger partial charge < -0.3 is 5.32 Å². The molecule has 0 radical (unpaired) electrons. The molecule has 7 heteroatoms. The Hall–Kier alpha value is -2.18. The minimum absolute atomic E-state index is 0.0793. The molecule has 0 atom stereocenters. The Balaban J connectivity index is 1.76. The molecule has 0 spiro atoms. The Labute approximate surface area is 135 Å². The van der Waals surface area contributed by atoms with Gasteiger partial charge in [0.2, 0.25) is 0 Å². The van der Waals surface area contributed by atoms with Gasteiger partial charge in [0.15, 0.2) is 0 Å². The van der Waals surface area contributed by atoms with E-state index in [1.807, 2.05) is 30.3 Å². The number of nitrogens with one attached hydrogen (secondary N) is 1.